The Balaban J connectivity index is 2.30. The number of hydrogen-bond donors (Lipinski definition) is 1. The summed E-state index contributed by atoms with van der Waals surface area (Å²) in [6.45, 7) is 0. The Hall–Kier alpha value is -1.71. The summed E-state index contributed by atoms with van der Waals surface area (Å²) < 4.78 is 26.1. The average Bonchev–Trinajstić information content (AvgIpc) is 2.76. The molecule has 0 bridgehead atoms. The number of halogens is 1. The monoisotopic (exact) mass is 319 g/mol. The van der Waals surface area contributed by atoms with Crippen molar-refractivity contribution in [2.24, 2.45) is 0 Å². The topological polar surface area (TPSA) is 102 Å². The Kier molecular flexibility index (Phi) is 3.69. The Morgan fingerprint density at radius 3 is 2.74 bits per heavy atom. The van der Waals surface area contributed by atoms with E-state index in [0.29, 0.717) is 0 Å². The maximum absolute atomic E-state index is 11.9. The number of sulfonamides is 1. The fourth-order valence-electron chi connectivity index (χ4n) is 1.25. The van der Waals surface area contributed by atoms with Crippen LogP contribution in [0.25, 0.3) is 0 Å². The number of aromatic nitrogens is 1. The van der Waals surface area contributed by atoms with Crippen LogP contribution in [-0.2, 0) is 10.0 Å². The van der Waals surface area contributed by atoms with Gasteiger partial charge in [-0.3, -0.25) is 14.8 Å². The highest BCUT2D eigenvalue weighted by Gasteiger charge is 2.18. The SMILES string of the molecule is O=[N+]([O-])c1cccc(NS(=O)(=O)c2cnc(Cl)s2)c1. The summed E-state index contributed by atoms with van der Waals surface area (Å²) in [6.07, 6.45) is 1.12. The molecular weight excluding hydrogens is 314 g/mol. The van der Waals surface area contributed by atoms with E-state index in [-0.39, 0.29) is 20.1 Å². The van der Waals surface area contributed by atoms with Crippen molar-refractivity contribution in [2.75, 3.05) is 4.72 Å². The molecule has 0 radical (unpaired) electrons. The summed E-state index contributed by atoms with van der Waals surface area (Å²) >= 11 is 6.36. The fourth-order valence-corrected chi connectivity index (χ4v) is 3.59. The van der Waals surface area contributed by atoms with E-state index in [0.717, 1.165) is 23.6 Å². The van der Waals surface area contributed by atoms with Crippen LogP contribution in [0, 0.1) is 10.1 Å². The smallest absolute Gasteiger partial charge is 0.273 e. The zero-order valence-electron chi connectivity index (χ0n) is 9.11. The number of nitrogens with zero attached hydrogens (tertiary/aromatic N) is 2. The van der Waals surface area contributed by atoms with Gasteiger partial charge in [-0.05, 0) is 6.07 Å². The summed E-state index contributed by atoms with van der Waals surface area (Å²) in [6, 6.07) is 5.18. The number of benzene rings is 1. The molecule has 0 amide bonds. The minimum absolute atomic E-state index is 0.0657. The first kappa shape index (κ1) is 13.7. The molecule has 0 saturated carbocycles. The van der Waals surface area contributed by atoms with Crippen molar-refractivity contribution in [3.63, 3.8) is 0 Å². The maximum Gasteiger partial charge on any atom is 0.273 e. The van der Waals surface area contributed by atoms with E-state index in [1.54, 1.807) is 0 Å². The van der Waals surface area contributed by atoms with Gasteiger partial charge in [-0.2, -0.15) is 0 Å². The first-order valence-corrected chi connectivity index (χ1v) is 7.45. The highest BCUT2D eigenvalue weighted by Crippen LogP contribution is 2.25. The third kappa shape index (κ3) is 3.19. The van der Waals surface area contributed by atoms with Gasteiger partial charge in [0.1, 0.15) is 0 Å². The number of nitro benzene ring substituents is 1. The Morgan fingerprint density at radius 1 is 1.42 bits per heavy atom. The van der Waals surface area contributed by atoms with Crippen molar-refractivity contribution in [2.45, 2.75) is 4.21 Å². The number of thiazole rings is 1. The second kappa shape index (κ2) is 5.11. The van der Waals surface area contributed by atoms with E-state index in [1.807, 2.05) is 0 Å². The van der Waals surface area contributed by atoms with Gasteiger partial charge in [-0.25, -0.2) is 13.4 Å². The summed E-state index contributed by atoms with van der Waals surface area (Å²) in [5, 5.41) is 10.6. The number of rotatable bonds is 4. The number of hydrogen-bond acceptors (Lipinski definition) is 6. The molecule has 0 unspecified atom stereocenters. The molecule has 0 saturated heterocycles. The van der Waals surface area contributed by atoms with Gasteiger partial charge < -0.3 is 0 Å². The highest BCUT2D eigenvalue weighted by molar-refractivity contribution is 7.94. The van der Waals surface area contributed by atoms with Crippen LogP contribution in [0.15, 0.2) is 34.7 Å². The van der Waals surface area contributed by atoms with Crippen LogP contribution < -0.4 is 4.72 Å². The largest absolute Gasteiger partial charge is 0.279 e. The molecule has 1 N–H and O–H groups in total. The quantitative estimate of drug-likeness (QED) is 0.689. The molecule has 0 aliphatic carbocycles. The molecule has 2 aromatic rings. The number of nitro groups is 1. The fraction of sp³-hybridized carbons (Fsp3) is 0. The number of non-ortho nitro benzene ring substituents is 1. The first-order chi connectivity index (χ1) is 8.88. The lowest BCUT2D eigenvalue weighted by molar-refractivity contribution is -0.384. The molecule has 7 nitrogen and oxygen atoms in total. The minimum Gasteiger partial charge on any atom is -0.279 e. The lowest BCUT2D eigenvalue weighted by Crippen LogP contribution is -2.11. The van der Waals surface area contributed by atoms with Gasteiger partial charge in [-0.1, -0.05) is 29.0 Å². The maximum atomic E-state index is 11.9. The molecule has 0 atom stereocenters. The summed E-state index contributed by atoms with van der Waals surface area (Å²) in [5.74, 6) is 0. The van der Waals surface area contributed by atoms with E-state index < -0.39 is 14.9 Å². The molecule has 0 aliphatic heterocycles. The van der Waals surface area contributed by atoms with Crippen LogP contribution in [0.4, 0.5) is 11.4 Å². The Bertz CT molecular complexity index is 729. The van der Waals surface area contributed by atoms with Gasteiger partial charge in [0.05, 0.1) is 16.8 Å². The molecule has 1 aromatic heterocycles. The van der Waals surface area contributed by atoms with Crippen molar-refractivity contribution in [1.82, 2.24) is 4.98 Å². The third-order valence-electron chi connectivity index (χ3n) is 2.03. The molecule has 0 spiro atoms. The van der Waals surface area contributed by atoms with E-state index in [9.17, 15) is 18.5 Å². The van der Waals surface area contributed by atoms with Crippen molar-refractivity contribution in [1.29, 1.82) is 0 Å². The molecule has 0 aliphatic rings. The zero-order valence-corrected chi connectivity index (χ0v) is 11.5. The van der Waals surface area contributed by atoms with Gasteiger partial charge >= 0.3 is 0 Å². The van der Waals surface area contributed by atoms with E-state index >= 15 is 0 Å². The van der Waals surface area contributed by atoms with E-state index in [1.165, 1.54) is 18.2 Å². The number of nitrogens with one attached hydrogen (secondary N) is 1. The van der Waals surface area contributed by atoms with Gasteiger partial charge in [0.15, 0.2) is 8.68 Å². The van der Waals surface area contributed by atoms with Gasteiger partial charge in [0.25, 0.3) is 15.7 Å². The molecule has 0 fully saturated rings. The molecule has 1 aromatic carbocycles. The van der Waals surface area contributed by atoms with Crippen molar-refractivity contribution in [3.05, 3.63) is 45.0 Å². The Labute approximate surface area is 117 Å². The molecule has 19 heavy (non-hydrogen) atoms. The van der Waals surface area contributed by atoms with E-state index in [4.69, 9.17) is 11.6 Å². The lowest BCUT2D eigenvalue weighted by Gasteiger charge is -2.05. The molecular formula is C9H6ClN3O4S2. The standard InChI is InChI=1S/C9H6ClN3O4S2/c10-9-11-5-8(18-9)19(16,17)12-6-2-1-3-7(4-6)13(14)15/h1-5,12H. The predicted octanol–water partition coefficient (Wildman–Crippen LogP) is 2.51. The van der Waals surface area contributed by atoms with Gasteiger partial charge in [0, 0.05) is 12.1 Å². The first-order valence-electron chi connectivity index (χ1n) is 4.77. The minimum atomic E-state index is -3.84. The van der Waals surface area contributed by atoms with Crippen LogP contribution in [0.2, 0.25) is 4.47 Å². The van der Waals surface area contributed by atoms with Crippen molar-refractivity contribution < 1.29 is 13.3 Å². The zero-order chi connectivity index (χ0) is 14.0. The molecule has 10 heteroatoms. The highest BCUT2D eigenvalue weighted by atomic mass is 35.5. The van der Waals surface area contributed by atoms with Crippen LogP contribution >= 0.6 is 22.9 Å². The lowest BCUT2D eigenvalue weighted by atomic mass is 10.3. The molecule has 100 valence electrons. The second-order valence-corrected chi connectivity index (χ2v) is 6.87. The van der Waals surface area contributed by atoms with Crippen LogP contribution in [0.1, 0.15) is 0 Å². The predicted molar refractivity (Wildman–Crippen MR) is 71.0 cm³/mol. The van der Waals surface area contributed by atoms with Gasteiger partial charge in [-0.15, -0.1) is 0 Å². The van der Waals surface area contributed by atoms with E-state index in [2.05, 4.69) is 9.71 Å². The van der Waals surface area contributed by atoms with Crippen LogP contribution in [-0.4, -0.2) is 18.3 Å². The summed E-state index contributed by atoms with van der Waals surface area (Å²) in [4.78, 5) is 13.6. The third-order valence-corrected chi connectivity index (χ3v) is 4.99. The Morgan fingerprint density at radius 2 is 2.16 bits per heavy atom. The van der Waals surface area contributed by atoms with Crippen molar-refractivity contribution >= 4 is 44.3 Å². The van der Waals surface area contributed by atoms with Gasteiger partial charge in [0.2, 0.25) is 0 Å². The van der Waals surface area contributed by atoms with Crippen molar-refractivity contribution in [3.8, 4) is 0 Å². The average molecular weight is 320 g/mol. The normalized spacial score (nSPS) is 11.2. The second-order valence-electron chi connectivity index (χ2n) is 3.35. The summed E-state index contributed by atoms with van der Waals surface area (Å²) in [7, 11) is -3.84. The molecule has 2 rings (SSSR count). The molecule has 1 heterocycles. The van der Waals surface area contributed by atoms with Crippen LogP contribution in [0.5, 0.6) is 0 Å². The number of anilines is 1. The summed E-state index contributed by atoms with van der Waals surface area (Å²) in [5.41, 5.74) is -0.110. The van der Waals surface area contributed by atoms with Crippen LogP contribution in [0.3, 0.4) is 0 Å².